The van der Waals surface area contributed by atoms with E-state index < -0.39 is 32.1 Å². The van der Waals surface area contributed by atoms with Gasteiger partial charge >= 0.3 is 0 Å². The van der Waals surface area contributed by atoms with Crippen molar-refractivity contribution in [1.29, 1.82) is 0 Å². The number of halogens is 2. The molecule has 21 heavy (non-hydrogen) atoms. The first kappa shape index (κ1) is 18.0. The zero-order chi connectivity index (χ0) is 16.4. The highest BCUT2D eigenvalue weighted by Gasteiger charge is 2.32. The zero-order valence-electron chi connectivity index (χ0n) is 12.7. The summed E-state index contributed by atoms with van der Waals surface area (Å²) in [5.74, 6) is -1.69. The molecule has 1 atom stereocenters. The van der Waals surface area contributed by atoms with E-state index in [1.165, 1.54) is 6.92 Å². The van der Waals surface area contributed by atoms with Gasteiger partial charge in [0.2, 0.25) is 10.0 Å². The molecule has 0 aliphatic rings. The third-order valence-corrected chi connectivity index (χ3v) is 4.85. The molecule has 0 aliphatic carbocycles. The normalized spacial score (nSPS) is 15.2. The highest BCUT2D eigenvalue weighted by molar-refractivity contribution is 7.89. The summed E-state index contributed by atoms with van der Waals surface area (Å²) in [6.45, 7) is 6.99. The lowest BCUT2D eigenvalue weighted by Gasteiger charge is -2.30. The lowest BCUT2D eigenvalue weighted by molar-refractivity contribution is 0.344. The van der Waals surface area contributed by atoms with Gasteiger partial charge in [0, 0.05) is 18.2 Å². The average Bonchev–Trinajstić information content (AvgIpc) is 2.31. The molecular formula is C14H22F2N2O2S. The third kappa shape index (κ3) is 4.46. The summed E-state index contributed by atoms with van der Waals surface area (Å²) in [7, 11) is -4.12. The lowest BCUT2D eigenvalue weighted by atomic mass is 9.92. The van der Waals surface area contributed by atoms with Crippen LogP contribution in [0.1, 0.15) is 32.8 Å². The van der Waals surface area contributed by atoms with Crippen LogP contribution in [-0.2, 0) is 10.0 Å². The van der Waals surface area contributed by atoms with E-state index in [0.29, 0.717) is 12.5 Å². The standard InChI is InChI=1S/C14H22F2N2O2S/c1-9(2)7-14(4,8-17)18-21(19,20)13-5-10(3)11(15)6-12(13)16/h5-6,9,18H,7-8,17H2,1-4H3. The highest BCUT2D eigenvalue weighted by Crippen LogP contribution is 2.23. The second-order valence-corrected chi connectivity index (χ2v) is 7.65. The largest absolute Gasteiger partial charge is 0.329 e. The minimum absolute atomic E-state index is 0.0649. The van der Waals surface area contributed by atoms with Gasteiger partial charge in [0.05, 0.1) is 0 Å². The summed E-state index contributed by atoms with van der Waals surface area (Å²) >= 11 is 0. The Morgan fingerprint density at radius 2 is 1.86 bits per heavy atom. The first-order valence-electron chi connectivity index (χ1n) is 6.70. The number of sulfonamides is 1. The molecule has 4 nitrogen and oxygen atoms in total. The number of hydrogen-bond donors (Lipinski definition) is 2. The van der Waals surface area contributed by atoms with Crippen molar-refractivity contribution in [3.05, 3.63) is 29.3 Å². The molecule has 0 spiro atoms. The van der Waals surface area contributed by atoms with Gasteiger partial charge in [-0.3, -0.25) is 0 Å². The maximum Gasteiger partial charge on any atom is 0.244 e. The quantitative estimate of drug-likeness (QED) is 0.845. The first-order chi connectivity index (χ1) is 9.50. The minimum Gasteiger partial charge on any atom is -0.329 e. The second-order valence-electron chi connectivity index (χ2n) is 6.00. The molecule has 0 amide bonds. The smallest absolute Gasteiger partial charge is 0.244 e. The fourth-order valence-corrected chi connectivity index (χ4v) is 3.86. The van der Waals surface area contributed by atoms with Gasteiger partial charge in [-0.25, -0.2) is 21.9 Å². The molecule has 0 saturated carbocycles. The van der Waals surface area contributed by atoms with E-state index >= 15 is 0 Å². The molecule has 0 bridgehead atoms. The molecule has 120 valence electrons. The molecule has 0 fully saturated rings. The van der Waals surface area contributed by atoms with Crippen molar-refractivity contribution in [2.24, 2.45) is 11.7 Å². The second kappa shape index (κ2) is 6.37. The Balaban J connectivity index is 3.20. The third-order valence-electron chi connectivity index (χ3n) is 3.19. The fourth-order valence-electron chi connectivity index (χ4n) is 2.28. The number of aryl methyl sites for hydroxylation is 1. The number of rotatable bonds is 6. The molecule has 7 heteroatoms. The summed E-state index contributed by atoms with van der Waals surface area (Å²) < 4.78 is 54.2. The van der Waals surface area contributed by atoms with E-state index in [9.17, 15) is 17.2 Å². The van der Waals surface area contributed by atoms with Crippen molar-refractivity contribution < 1.29 is 17.2 Å². The van der Waals surface area contributed by atoms with Crippen LogP contribution < -0.4 is 10.5 Å². The van der Waals surface area contributed by atoms with Gasteiger partial charge in [-0.1, -0.05) is 13.8 Å². The summed E-state index contributed by atoms with van der Waals surface area (Å²) in [5.41, 5.74) is 4.83. The molecule has 0 aliphatic heterocycles. The number of nitrogens with two attached hydrogens (primary N) is 1. The Labute approximate surface area is 124 Å². The topological polar surface area (TPSA) is 72.2 Å². The molecule has 0 saturated heterocycles. The Morgan fingerprint density at radius 1 is 1.29 bits per heavy atom. The van der Waals surface area contributed by atoms with Crippen LogP contribution in [0.2, 0.25) is 0 Å². The van der Waals surface area contributed by atoms with E-state index in [2.05, 4.69) is 4.72 Å². The lowest BCUT2D eigenvalue weighted by Crippen LogP contribution is -2.52. The average molecular weight is 320 g/mol. The van der Waals surface area contributed by atoms with Gasteiger partial charge < -0.3 is 5.73 Å². The van der Waals surface area contributed by atoms with Gasteiger partial charge in [-0.05, 0) is 37.8 Å². The molecule has 0 radical (unpaired) electrons. The van der Waals surface area contributed by atoms with Crippen LogP contribution in [0.15, 0.2) is 17.0 Å². The number of nitrogens with one attached hydrogen (secondary N) is 1. The molecule has 1 unspecified atom stereocenters. The summed E-state index contributed by atoms with van der Waals surface area (Å²) in [5, 5.41) is 0. The minimum atomic E-state index is -4.12. The molecule has 1 aromatic carbocycles. The van der Waals surface area contributed by atoms with Crippen molar-refractivity contribution in [1.82, 2.24) is 4.72 Å². The maximum absolute atomic E-state index is 13.8. The Morgan fingerprint density at radius 3 is 2.33 bits per heavy atom. The van der Waals surface area contributed by atoms with Gasteiger partial charge in [-0.2, -0.15) is 0 Å². The van der Waals surface area contributed by atoms with Crippen molar-refractivity contribution in [3.63, 3.8) is 0 Å². The van der Waals surface area contributed by atoms with Crippen LogP contribution >= 0.6 is 0 Å². The van der Waals surface area contributed by atoms with Crippen LogP contribution in [0.5, 0.6) is 0 Å². The summed E-state index contributed by atoms with van der Waals surface area (Å²) in [6.07, 6.45) is 0.504. The number of benzene rings is 1. The zero-order valence-corrected chi connectivity index (χ0v) is 13.5. The van der Waals surface area contributed by atoms with Crippen LogP contribution in [-0.4, -0.2) is 20.5 Å². The van der Waals surface area contributed by atoms with E-state index in [1.54, 1.807) is 6.92 Å². The summed E-state index contributed by atoms with van der Waals surface area (Å²) in [4.78, 5) is -0.565. The van der Waals surface area contributed by atoms with Gasteiger partial charge in [0.15, 0.2) is 0 Å². The van der Waals surface area contributed by atoms with Gasteiger partial charge in [0.25, 0.3) is 0 Å². The van der Waals surface area contributed by atoms with Crippen molar-refractivity contribution in [2.45, 2.75) is 44.6 Å². The summed E-state index contributed by atoms with van der Waals surface area (Å²) in [6, 6.07) is 1.56. The molecule has 1 rings (SSSR count). The van der Waals surface area contributed by atoms with E-state index in [0.717, 1.165) is 6.07 Å². The van der Waals surface area contributed by atoms with Crippen LogP contribution in [0, 0.1) is 24.5 Å². The van der Waals surface area contributed by atoms with Gasteiger partial charge in [-0.15, -0.1) is 0 Å². The highest BCUT2D eigenvalue weighted by atomic mass is 32.2. The van der Waals surface area contributed by atoms with E-state index in [-0.39, 0.29) is 18.0 Å². The Kier molecular flexibility index (Phi) is 5.46. The molecule has 0 aromatic heterocycles. The Hall–Kier alpha value is -1.05. The fraction of sp³-hybridized carbons (Fsp3) is 0.571. The molecule has 1 aromatic rings. The molecular weight excluding hydrogens is 298 g/mol. The van der Waals surface area contributed by atoms with Gasteiger partial charge in [0.1, 0.15) is 16.5 Å². The Bertz CT molecular complexity index is 618. The van der Waals surface area contributed by atoms with Crippen LogP contribution in [0.4, 0.5) is 8.78 Å². The van der Waals surface area contributed by atoms with Crippen molar-refractivity contribution in [3.8, 4) is 0 Å². The van der Waals surface area contributed by atoms with Crippen LogP contribution in [0.3, 0.4) is 0 Å². The first-order valence-corrected chi connectivity index (χ1v) is 8.19. The van der Waals surface area contributed by atoms with E-state index in [1.807, 2.05) is 13.8 Å². The molecule has 0 heterocycles. The predicted octanol–water partition coefficient (Wildman–Crippen LogP) is 2.32. The monoisotopic (exact) mass is 320 g/mol. The van der Waals surface area contributed by atoms with Crippen molar-refractivity contribution >= 4 is 10.0 Å². The van der Waals surface area contributed by atoms with Crippen molar-refractivity contribution in [2.75, 3.05) is 6.54 Å². The SMILES string of the molecule is Cc1cc(S(=O)(=O)NC(C)(CN)CC(C)C)c(F)cc1F. The maximum atomic E-state index is 13.8. The molecule has 3 N–H and O–H groups in total. The number of hydrogen-bond acceptors (Lipinski definition) is 3. The van der Waals surface area contributed by atoms with Crippen LogP contribution in [0.25, 0.3) is 0 Å². The predicted molar refractivity (Wildman–Crippen MR) is 78.3 cm³/mol. The van der Waals surface area contributed by atoms with E-state index in [4.69, 9.17) is 5.73 Å².